The van der Waals surface area contributed by atoms with Crippen LogP contribution in [0, 0.1) is 22.7 Å². The fourth-order valence-electron chi connectivity index (χ4n) is 8.62. The van der Waals surface area contributed by atoms with Crippen LogP contribution in [0.2, 0.25) is 5.02 Å². The molecule has 2 aliphatic carbocycles. The lowest BCUT2D eigenvalue weighted by atomic mass is 9.70. The van der Waals surface area contributed by atoms with Crippen molar-refractivity contribution in [3.05, 3.63) is 130 Å². The fourth-order valence-corrected chi connectivity index (χ4v) is 8.89. The van der Waals surface area contributed by atoms with Gasteiger partial charge in [-0.25, -0.2) is 4.79 Å². The fraction of sp³-hybridized carbons (Fsp3) is 0.419. The summed E-state index contributed by atoms with van der Waals surface area (Å²) in [6, 6.07) is 33.3. The maximum atomic E-state index is 13.3. The van der Waals surface area contributed by atoms with Gasteiger partial charge in [0, 0.05) is 25.1 Å². The predicted octanol–water partition coefficient (Wildman–Crippen LogP) is 10.0. The van der Waals surface area contributed by atoms with Crippen LogP contribution in [-0.4, -0.2) is 37.0 Å². The lowest BCUT2D eigenvalue weighted by Gasteiger charge is -2.39. The van der Waals surface area contributed by atoms with Gasteiger partial charge < -0.3 is 28.6 Å². The SMILES string of the molecule is CN(C[C@@H](O[C@H]1C[C@@H]2[C@H]3CC[C@@](C)([C@@H]2O1)C3(C)C)c1cc(OCc2ccccc2)c(OCc2ccccc2)cc1Cl)C(=O)OCc1ccccc1. The van der Waals surface area contributed by atoms with Gasteiger partial charge in [-0.1, -0.05) is 123 Å². The average Bonchev–Trinajstić information content (AvgIpc) is 3.72. The Bertz CT molecular complexity index is 1790. The van der Waals surface area contributed by atoms with Crippen molar-refractivity contribution < 1.29 is 28.5 Å². The van der Waals surface area contributed by atoms with Crippen molar-refractivity contribution in [3.8, 4) is 11.5 Å². The minimum atomic E-state index is -0.628. The summed E-state index contributed by atoms with van der Waals surface area (Å²) in [6.07, 6.45) is 1.81. The van der Waals surface area contributed by atoms with Crippen LogP contribution >= 0.6 is 11.6 Å². The molecule has 268 valence electrons. The third-order valence-corrected chi connectivity index (χ3v) is 12.2. The van der Waals surface area contributed by atoms with Crippen molar-refractivity contribution in [1.82, 2.24) is 4.90 Å². The average molecular weight is 710 g/mol. The van der Waals surface area contributed by atoms with Crippen LogP contribution in [0.3, 0.4) is 0 Å². The molecule has 8 heteroatoms. The van der Waals surface area contributed by atoms with Crippen molar-refractivity contribution in [1.29, 1.82) is 0 Å². The van der Waals surface area contributed by atoms with Crippen molar-refractivity contribution >= 4 is 17.7 Å². The molecule has 0 unspecified atom stereocenters. The van der Waals surface area contributed by atoms with Crippen molar-refractivity contribution in [2.75, 3.05) is 13.6 Å². The molecule has 0 N–H and O–H groups in total. The number of benzene rings is 4. The predicted molar refractivity (Wildman–Crippen MR) is 197 cm³/mol. The van der Waals surface area contributed by atoms with Gasteiger partial charge in [0.2, 0.25) is 0 Å². The number of carbonyl (C=O) groups is 1. The molecule has 0 spiro atoms. The largest absolute Gasteiger partial charge is 0.485 e. The Morgan fingerprint density at radius 2 is 1.39 bits per heavy atom. The minimum absolute atomic E-state index is 0.0990. The molecule has 4 aromatic carbocycles. The Kier molecular flexibility index (Phi) is 10.3. The van der Waals surface area contributed by atoms with Crippen LogP contribution in [0.5, 0.6) is 11.5 Å². The van der Waals surface area contributed by atoms with Crippen LogP contribution in [-0.2, 0) is 34.0 Å². The van der Waals surface area contributed by atoms with E-state index in [1.807, 2.05) is 97.1 Å². The molecule has 1 amide bonds. The highest BCUT2D eigenvalue weighted by atomic mass is 35.5. The quantitative estimate of drug-likeness (QED) is 0.138. The molecule has 1 saturated heterocycles. The van der Waals surface area contributed by atoms with Gasteiger partial charge in [-0.3, -0.25) is 0 Å². The highest BCUT2D eigenvalue weighted by Crippen LogP contribution is 2.71. The summed E-state index contributed by atoms with van der Waals surface area (Å²) in [4.78, 5) is 14.9. The summed E-state index contributed by atoms with van der Waals surface area (Å²) >= 11 is 7.11. The molecule has 1 aliphatic heterocycles. The molecule has 51 heavy (non-hydrogen) atoms. The standard InChI is InChI=1S/C43H48ClNO6/c1-42(2)34-20-21-43(42,3)40-32(34)23-39(51-40)50-38(25-45(4)41(46)49-28-31-18-12-7-13-19-31)33-22-36(47-26-29-14-8-5-9-15-29)37(24-35(33)44)48-27-30-16-10-6-11-17-30/h5-19,22,24,32,34,38-40H,20-21,23,25-28H2,1-4H3/t32-,34-,38-,39-,40-,43+/m1/s1. The van der Waals surface area contributed by atoms with Crippen molar-refractivity contribution in [2.45, 2.75) is 78.4 Å². The van der Waals surface area contributed by atoms with Crippen LogP contribution in [0.4, 0.5) is 4.79 Å². The van der Waals surface area contributed by atoms with Gasteiger partial charge in [-0.15, -0.1) is 0 Å². The maximum Gasteiger partial charge on any atom is 0.409 e. The number of likely N-dealkylation sites (N-methyl/N-ethyl adjacent to an activating group) is 1. The first-order chi connectivity index (χ1) is 24.6. The number of hydrogen-bond acceptors (Lipinski definition) is 6. The monoisotopic (exact) mass is 709 g/mol. The van der Waals surface area contributed by atoms with E-state index < -0.39 is 18.5 Å². The first-order valence-electron chi connectivity index (χ1n) is 18.0. The second kappa shape index (κ2) is 14.9. The van der Waals surface area contributed by atoms with Crippen molar-refractivity contribution in [3.63, 3.8) is 0 Å². The lowest BCUT2D eigenvalue weighted by molar-refractivity contribution is -0.189. The van der Waals surface area contributed by atoms with E-state index in [1.165, 1.54) is 11.3 Å². The Balaban J connectivity index is 1.16. The Morgan fingerprint density at radius 1 is 0.843 bits per heavy atom. The van der Waals surface area contributed by atoms with E-state index in [0.717, 1.165) is 29.5 Å². The third kappa shape index (κ3) is 7.35. The molecule has 3 aliphatic rings. The highest BCUT2D eigenvalue weighted by Gasteiger charge is 2.69. The minimum Gasteiger partial charge on any atom is -0.485 e. The Hall–Kier alpha value is -4.04. The van der Waals surface area contributed by atoms with Gasteiger partial charge >= 0.3 is 6.09 Å². The zero-order valence-electron chi connectivity index (χ0n) is 29.9. The van der Waals surface area contributed by atoms with E-state index in [1.54, 1.807) is 13.1 Å². The number of halogens is 1. The summed E-state index contributed by atoms with van der Waals surface area (Å²) in [5.74, 6) is 2.09. The summed E-state index contributed by atoms with van der Waals surface area (Å²) < 4.78 is 32.1. The van der Waals surface area contributed by atoms with Crippen LogP contribution in [0.25, 0.3) is 0 Å². The second-order valence-electron chi connectivity index (χ2n) is 15.1. The first-order valence-corrected chi connectivity index (χ1v) is 18.4. The summed E-state index contributed by atoms with van der Waals surface area (Å²) in [5, 5.41) is 0.451. The smallest absolute Gasteiger partial charge is 0.409 e. The normalized spacial score (nSPS) is 24.9. The van der Waals surface area contributed by atoms with Gasteiger partial charge in [-0.05, 0) is 58.3 Å². The molecule has 0 aromatic heterocycles. The molecule has 2 saturated carbocycles. The van der Waals surface area contributed by atoms with Gasteiger partial charge in [0.1, 0.15) is 25.9 Å². The summed E-state index contributed by atoms with van der Waals surface area (Å²) in [6.45, 7) is 8.24. The molecule has 7 rings (SSSR count). The molecule has 6 atom stereocenters. The zero-order valence-corrected chi connectivity index (χ0v) is 30.7. The molecule has 1 heterocycles. The van der Waals surface area contributed by atoms with E-state index in [4.69, 9.17) is 35.3 Å². The van der Waals surface area contributed by atoms with Gasteiger partial charge in [0.25, 0.3) is 0 Å². The lowest BCUT2D eigenvalue weighted by Crippen LogP contribution is -2.38. The topological polar surface area (TPSA) is 66.5 Å². The van der Waals surface area contributed by atoms with Crippen LogP contribution in [0.1, 0.15) is 68.4 Å². The number of fused-ring (bicyclic) bond motifs is 5. The molecule has 7 nitrogen and oxygen atoms in total. The van der Waals surface area contributed by atoms with Crippen LogP contribution in [0.15, 0.2) is 103 Å². The van der Waals surface area contributed by atoms with Gasteiger partial charge in [-0.2, -0.15) is 0 Å². The highest BCUT2D eigenvalue weighted by molar-refractivity contribution is 6.31. The molecule has 4 aromatic rings. The van der Waals surface area contributed by atoms with Gasteiger partial charge in [0.15, 0.2) is 17.8 Å². The molecular weight excluding hydrogens is 662 g/mol. The zero-order chi connectivity index (χ0) is 35.6. The molecular formula is C43H48ClNO6. The first kappa shape index (κ1) is 35.4. The number of hydrogen-bond donors (Lipinski definition) is 0. The number of amides is 1. The van der Waals surface area contributed by atoms with E-state index in [-0.39, 0.29) is 30.1 Å². The number of carbonyl (C=O) groups excluding carboxylic acids is 1. The van der Waals surface area contributed by atoms with E-state index in [0.29, 0.717) is 47.1 Å². The number of nitrogens with zero attached hydrogens (tertiary/aromatic N) is 1. The van der Waals surface area contributed by atoms with Crippen molar-refractivity contribution in [2.24, 2.45) is 22.7 Å². The van der Waals surface area contributed by atoms with E-state index in [2.05, 4.69) is 20.8 Å². The Morgan fingerprint density at radius 3 is 1.96 bits per heavy atom. The number of rotatable bonds is 13. The number of ether oxygens (including phenoxy) is 5. The van der Waals surface area contributed by atoms with E-state index >= 15 is 0 Å². The summed E-state index contributed by atoms with van der Waals surface area (Å²) in [5.41, 5.74) is 3.97. The third-order valence-electron chi connectivity index (χ3n) is 11.8. The Labute approximate surface area is 306 Å². The second-order valence-corrected chi connectivity index (χ2v) is 15.5. The van der Waals surface area contributed by atoms with Gasteiger partial charge in [0.05, 0.1) is 17.7 Å². The van der Waals surface area contributed by atoms with E-state index in [9.17, 15) is 4.79 Å². The molecule has 0 radical (unpaired) electrons. The molecule has 2 bridgehead atoms. The summed E-state index contributed by atoms with van der Waals surface area (Å²) in [7, 11) is 1.72. The maximum absolute atomic E-state index is 13.3. The van der Waals surface area contributed by atoms with Crippen LogP contribution < -0.4 is 9.47 Å². The molecule has 3 fully saturated rings.